The standard InChI is InChI=1S/C12H13Cl2NO4/c1-12(6-19-2,11(17)18)15-10(16)7-3-8(13)5-9(14)4-7/h3-5H,6H2,1-2H3,(H,15,16)(H,17,18). The van der Waals surface area contributed by atoms with Crippen LogP contribution in [0.3, 0.4) is 0 Å². The van der Waals surface area contributed by atoms with Gasteiger partial charge in [-0.15, -0.1) is 0 Å². The number of carboxylic acids is 1. The quantitative estimate of drug-likeness (QED) is 0.874. The van der Waals surface area contributed by atoms with Crippen molar-refractivity contribution < 1.29 is 19.4 Å². The highest BCUT2D eigenvalue weighted by molar-refractivity contribution is 6.35. The van der Waals surface area contributed by atoms with Crippen LogP contribution in [0.15, 0.2) is 18.2 Å². The summed E-state index contributed by atoms with van der Waals surface area (Å²) in [6.07, 6.45) is 0. The van der Waals surface area contributed by atoms with Gasteiger partial charge in [0.25, 0.3) is 5.91 Å². The van der Waals surface area contributed by atoms with Gasteiger partial charge >= 0.3 is 5.97 Å². The molecule has 7 heteroatoms. The second-order valence-electron chi connectivity index (χ2n) is 4.18. The van der Waals surface area contributed by atoms with Crippen LogP contribution < -0.4 is 5.32 Å². The Kier molecular flexibility index (Phi) is 5.17. The Balaban J connectivity index is 2.97. The van der Waals surface area contributed by atoms with Crippen LogP contribution in [0.4, 0.5) is 0 Å². The molecule has 2 N–H and O–H groups in total. The lowest BCUT2D eigenvalue weighted by atomic mass is 10.0. The minimum absolute atomic E-state index is 0.164. The van der Waals surface area contributed by atoms with Crippen LogP contribution in [0.25, 0.3) is 0 Å². The van der Waals surface area contributed by atoms with E-state index in [1.807, 2.05) is 0 Å². The summed E-state index contributed by atoms with van der Waals surface area (Å²) in [5.74, 6) is -1.79. The molecule has 0 saturated heterocycles. The number of carbonyl (C=O) groups is 2. The van der Waals surface area contributed by atoms with Gasteiger partial charge < -0.3 is 15.2 Å². The van der Waals surface area contributed by atoms with Gasteiger partial charge in [-0.2, -0.15) is 0 Å². The fraction of sp³-hybridized carbons (Fsp3) is 0.333. The maximum atomic E-state index is 12.0. The average molecular weight is 306 g/mol. The van der Waals surface area contributed by atoms with Crippen LogP contribution in [0.1, 0.15) is 17.3 Å². The van der Waals surface area contributed by atoms with E-state index in [1.54, 1.807) is 0 Å². The highest BCUT2D eigenvalue weighted by atomic mass is 35.5. The predicted molar refractivity (Wildman–Crippen MR) is 71.8 cm³/mol. The van der Waals surface area contributed by atoms with Gasteiger partial charge in [-0.25, -0.2) is 4.79 Å². The van der Waals surface area contributed by atoms with Gasteiger partial charge in [-0.05, 0) is 25.1 Å². The highest BCUT2D eigenvalue weighted by Gasteiger charge is 2.35. The van der Waals surface area contributed by atoms with Crippen molar-refractivity contribution in [2.24, 2.45) is 0 Å². The topological polar surface area (TPSA) is 75.6 Å². The molecule has 0 fully saturated rings. The zero-order valence-corrected chi connectivity index (χ0v) is 11.9. The summed E-state index contributed by atoms with van der Waals surface area (Å²) >= 11 is 11.6. The lowest BCUT2D eigenvalue weighted by molar-refractivity contribution is -0.145. The number of hydrogen-bond donors (Lipinski definition) is 2. The molecule has 1 amide bonds. The third-order valence-corrected chi connectivity index (χ3v) is 2.86. The summed E-state index contributed by atoms with van der Waals surface area (Å²) in [6, 6.07) is 4.28. The van der Waals surface area contributed by atoms with Gasteiger partial charge in [0.2, 0.25) is 0 Å². The number of carbonyl (C=O) groups excluding carboxylic acids is 1. The lowest BCUT2D eigenvalue weighted by Gasteiger charge is -2.25. The predicted octanol–water partition coefficient (Wildman–Crippen LogP) is 2.21. The number of ether oxygens (including phenoxy) is 1. The first-order valence-corrected chi connectivity index (χ1v) is 6.05. The second-order valence-corrected chi connectivity index (χ2v) is 5.06. The molecule has 19 heavy (non-hydrogen) atoms. The maximum Gasteiger partial charge on any atom is 0.331 e. The van der Waals surface area contributed by atoms with E-state index in [1.165, 1.54) is 32.2 Å². The molecule has 0 radical (unpaired) electrons. The summed E-state index contributed by atoms with van der Waals surface area (Å²) in [5, 5.41) is 12.1. The molecule has 0 saturated carbocycles. The van der Waals surface area contributed by atoms with Gasteiger partial charge in [-0.1, -0.05) is 23.2 Å². The van der Waals surface area contributed by atoms with Crippen molar-refractivity contribution in [2.45, 2.75) is 12.5 Å². The minimum atomic E-state index is -1.53. The smallest absolute Gasteiger partial charge is 0.331 e. The Bertz CT molecular complexity index is 486. The minimum Gasteiger partial charge on any atom is -0.479 e. The van der Waals surface area contributed by atoms with Crippen molar-refractivity contribution in [1.29, 1.82) is 0 Å². The summed E-state index contributed by atoms with van der Waals surface area (Å²) in [6.45, 7) is 1.19. The monoisotopic (exact) mass is 305 g/mol. The van der Waals surface area contributed by atoms with Crippen molar-refractivity contribution in [3.63, 3.8) is 0 Å². The summed E-state index contributed by atoms with van der Waals surface area (Å²) in [7, 11) is 1.35. The van der Waals surface area contributed by atoms with E-state index in [2.05, 4.69) is 5.32 Å². The van der Waals surface area contributed by atoms with Crippen LogP contribution in [-0.4, -0.2) is 36.2 Å². The number of aliphatic carboxylic acids is 1. The summed E-state index contributed by atoms with van der Waals surface area (Å²) < 4.78 is 4.80. The molecule has 1 atom stereocenters. The van der Waals surface area contributed by atoms with Gasteiger partial charge in [0.05, 0.1) is 6.61 Å². The van der Waals surface area contributed by atoms with E-state index in [4.69, 9.17) is 33.0 Å². The number of halogens is 2. The number of benzene rings is 1. The Hall–Kier alpha value is -1.30. The Morgan fingerprint density at radius 1 is 1.32 bits per heavy atom. The second kappa shape index (κ2) is 6.23. The molecule has 0 aliphatic heterocycles. The van der Waals surface area contributed by atoms with Crippen molar-refractivity contribution in [2.75, 3.05) is 13.7 Å². The fourth-order valence-electron chi connectivity index (χ4n) is 1.45. The molecule has 0 aliphatic rings. The SMILES string of the molecule is COCC(C)(NC(=O)c1cc(Cl)cc(Cl)c1)C(=O)O. The largest absolute Gasteiger partial charge is 0.479 e. The molecule has 0 aromatic heterocycles. The van der Waals surface area contributed by atoms with E-state index in [0.29, 0.717) is 10.0 Å². The number of methoxy groups -OCH3 is 1. The van der Waals surface area contributed by atoms with E-state index >= 15 is 0 Å². The van der Waals surface area contributed by atoms with Crippen LogP contribution in [0, 0.1) is 0 Å². The number of amides is 1. The van der Waals surface area contributed by atoms with E-state index < -0.39 is 17.4 Å². The molecule has 0 bridgehead atoms. The Morgan fingerprint density at radius 3 is 2.26 bits per heavy atom. The number of rotatable bonds is 5. The maximum absolute atomic E-state index is 12.0. The van der Waals surface area contributed by atoms with Crippen LogP contribution in [-0.2, 0) is 9.53 Å². The average Bonchev–Trinajstić information content (AvgIpc) is 2.27. The van der Waals surface area contributed by atoms with Crippen molar-refractivity contribution in [1.82, 2.24) is 5.32 Å². The Morgan fingerprint density at radius 2 is 1.84 bits per heavy atom. The van der Waals surface area contributed by atoms with Crippen LogP contribution in [0.5, 0.6) is 0 Å². The van der Waals surface area contributed by atoms with E-state index in [-0.39, 0.29) is 12.2 Å². The van der Waals surface area contributed by atoms with Crippen LogP contribution >= 0.6 is 23.2 Å². The zero-order chi connectivity index (χ0) is 14.6. The van der Waals surface area contributed by atoms with Crippen molar-refractivity contribution in [3.8, 4) is 0 Å². The number of nitrogens with one attached hydrogen (secondary N) is 1. The lowest BCUT2D eigenvalue weighted by Crippen LogP contribution is -2.55. The first kappa shape index (κ1) is 15.8. The third kappa shape index (κ3) is 4.09. The molecule has 0 spiro atoms. The van der Waals surface area contributed by atoms with Gasteiger partial charge in [0.15, 0.2) is 5.54 Å². The first-order chi connectivity index (χ1) is 8.78. The van der Waals surface area contributed by atoms with Gasteiger partial charge in [0, 0.05) is 22.7 Å². The van der Waals surface area contributed by atoms with Crippen molar-refractivity contribution >= 4 is 35.1 Å². The summed E-state index contributed by atoms with van der Waals surface area (Å²) in [5.41, 5.74) is -1.35. The zero-order valence-electron chi connectivity index (χ0n) is 10.4. The number of hydrogen-bond acceptors (Lipinski definition) is 3. The fourth-order valence-corrected chi connectivity index (χ4v) is 1.97. The number of carboxylic acid groups (broad SMARTS) is 1. The van der Waals surface area contributed by atoms with Gasteiger partial charge in [0.1, 0.15) is 0 Å². The van der Waals surface area contributed by atoms with Gasteiger partial charge in [-0.3, -0.25) is 4.79 Å². The molecule has 1 aromatic carbocycles. The van der Waals surface area contributed by atoms with E-state index in [0.717, 1.165) is 0 Å². The molecule has 5 nitrogen and oxygen atoms in total. The molecule has 0 aliphatic carbocycles. The first-order valence-electron chi connectivity index (χ1n) is 5.29. The van der Waals surface area contributed by atoms with Crippen LogP contribution in [0.2, 0.25) is 10.0 Å². The Labute approximate surface area is 120 Å². The molecule has 0 heterocycles. The van der Waals surface area contributed by atoms with Crippen molar-refractivity contribution in [3.05, 3.63) is 33.8 Å². The highest BCUT2D eigenvalue weighted by Crippen LogP contribution is 2.19. The molecule has 104 valence electrons. The normalized spacial score (nSPS) is 13.7. The van der Waals surface area contributed by atoms with E-state index in [9.17, 15) is 9.59 Å². The molecule has 1 aromatic rings. The summed E-state index contributed by atoms with van der Waals surface area (Å²) in [4.78, 5) is 23.2. The molecular formula is C12H13Cl2NO4. The molecular weight excluding hydrogens is 293 g/mol. The third-order valence-electron chi connectivity index (χ3n) is 2.42. The molecule has 1 unspecified atom stereocenters. The molecule has 1 rings (SSSR count).